The summed E-state index contributed by atoms with van der Waals surface area (Å²) in [6.45, 7) is 3.40. The van der Waals surface area contributed by atoms with Gasteiger partial charge in [0.05, 0.1) is 13.7 Å². The number of rotatable bonds is 9. The van der Waals surface area contributed by atoms with Crippen molar-refractivity contribution >= 4 is 5.97 Å². The first kappa shape index (κ1) is 15.5. The minimum atomic E-state index is -0.578. The highest BCUT2D eigenvalue weighted by Gasteiger charge is 2.13. The van der Waals surface area contributed by atoms with Gasteiger partial charge in [0.2, 0.25) is 0 Å². The fourth-order valence-corrected chi connectivity index (χ4v) is 1.39. The summed E-state index contributed by atoms with van der Waals surface area (Å²) in [5.74, 6) is -0.124. The van der Waals surface area contributed by atoms with Gasteiger partial charge in [0.1, 0.15) is 17.9 Å². The number of hydrogen-bond acceptors (Lipinski definition) is 5. The Labute approximate surface area is 113 Å². The number of carbonyl (C=O) groups is 1. The van der Waals surface area contributed by atoms with Crippen LogP contribution in [-0.4, -0.2) is 32.9 Å². The van der Waals surface area contributed by atoms with E-state index in [1.54, 1.807) is 24.3 Å². The van der Waals surface area contributed by atoms with E-state index in [0.29, 0.717) is 24.5 Å². The molecule has 0 saturated heterocycles. The lowest BCUT2D eigenvalue weighted by Crippen LogP contribution is -2.11. The van der Waals surface area contributed by atoms with Crippen LogP contribution < -0.4 is 4.74 Å². The fraction of sp³-hybridized carbons (Fsp3) is 0.500. The van der Waals surface area contributed by atoms with Gasteiger partial charge in [0, 0.05) is 6.61 Å². The van der Waals surface area contributed by atoms with Gasteiger partial charge in [0.15, 0.2) is 0 Å². The molecule has 1 rings (SSSR count). The molecule has 0 fully saturated rings. The van der Waals surface area contributed by atoms with Crippen LogP contribution in [0.1, 0.15) is 30.1 Å². The van der Waals surface area contributed by atoms with Crippen molar-refractivity contribution in [2.75, 3.05) is 26.9 Å². The molecule has 19 heavy (non-hydrogen) atoms. The third-order valence-corrected chi connectivity index (χ3v) is 2.41. The molecule has 0 atom stereocenters. The van der Waals surface area contributed by atoms with Crippen LogP contribution in [0.4, 0.5) is 0 Å². The molecule has 0 aliphatic heterocycles. The van der Waals surface area contributed by atoms with E-state index < -0.39 is 5.97 Å². The lowest BCUT2D eigenvalue weighted by Gasteiger charge is -2.07. The molecular formula is C14H20O5. The second kappa shape index (κ2) is 9.35. The predicted molar refractivity (Wildman–Crippen MR) is 70.1 cm³/mol. The summed E-state index contributed by atoms with van der Waals surface area (Å²) in [4.78, 5) is 21.2. The van der Waals surface area contributed by atoms with Gasteiger partial charge < -0.3 is 9.47 Å². The Hall–Kier alpha value is -1.59. The maximum Gasteiger partial charge on any atom is 0.376 e. The highest BCUT2D eigenvalue weighted by atomic mass is 17.2. The molecule has 5 nitrogen and oxygen atoms in total. The maximum atomic E-state index is 11.7. The molecule has 0 heterocycles. The topological polar surface area (TPSA) is 54.0 Å². The van der Waals surface area contributed by atoms with Gasteiger partial charge in [-0.3, -0.25) is 4.89 Å². The Bertz CT molecular complexity index is 378. The second-order valence-electron chi connectivity index (χ2n) is 3.86. The molecule has 0 radical (unpaired) electrons. The van der Waals surface area contributed by atoms with Crippen molar-refractivity contribution in [3.63, 3.8) is 0 Å². The number of hydrogen-bond donors (Lipinski definition) is 0. The van der Waals surface area contributed by atoms with Crippen LogP contribution in [0.5, 0.6) is 5.75 Å². The molecule has 5 heteroatoms. The maximum absolute atomic E-state index is 11.7. The van der Waals surface area contributed by atoms with Gasteiger partial charge in [-0.05, 0) is 18.6 Å². The van der Waals surface area contributed by atoms with E-state index >= 15 is 0 Å². The van der Waals surface area contributed by atoms with Crippen LogP contribution in [-0.2, 0) is 14.5 Å². The minimum absolute atomic E-state index is 0.213. The molecule has 0 aliphatic carbocycles. The van der Waals surface area contributed by atoms with Crippen molar-refractivity contribution in [2.45, 2.75) is 19.8 Å². The summed E-state index contributed by atoms with van der Waals surface area (Å²) < 4.78 is 10.3. The normalized spacial score (nSPS) is 10.2. The number of benzene rings is 1. The highest BCUT2D eigenvalue weighted by molar-refractivity contribution is 5.92. The molecule has 1 aromatic carbocycles. The Morgan fingerprint density at radius 2 is 1.95 bits per heavy atom. The van der Waals surface area contributed by atoms with Gasteiger partial charge >= 0.3 is 5.97 Å². The molecule has 0 spiro atoms. The monoisotopic (exact) mass is 268 g/mol. The van der Waals surface area contributed by atoms with Crippen LogP contribution in [0.15, 0.2) is 24.3 Å². The Morgan fingerprint density at radius 3 is 2.68 bits per heavy atom. The van der Waals surface area contributed by atoms with E-state index in [1.165, 1.54) is 7.11 Å². The Morgan fingerprint density at radius 1 is 1.16 bits per heavy atom. The molecule has 0 amide bonds. The summed E-state index contributed by atoms with van der Waals surface area (Å²) >= 11 is 0. The fourth-order valence-electron chi connectivity index (χ4n) is 1.39. The highest BCUT2D eigenvalue weighted by Crippen LogP contribution is 2.18. The smallest absolute Gasteiger partial charge is 0.376 e. The van der Waals surface area contributed by atoms with E-state index in [-0.39, 0.29) is 6.61 Å². The van der Waals surface area contributed by atoms with Crippen LogP contribution in [0.25, 0.3) is 0 Å². The molecule has 0 aliphatic rings. The van der Waals surface area contributed by atoms with E-state index in [1.807, 2.05) is 0 Å². The summed E-state index contributed by atoms with van der Waals surface area (Å²) in [6, 6.07) is 6.80. The standard InChI is InChI=1S/C14H20O5/c1-3-4-9-17-10-11-18-19-14(15)12-7-5-6-8-13(12)16-2/h5-8H,3-4,9-11H2,1-2H3. The number of carbonyl (C=O) groups excluding carboxylic acids is 1. The number of unbranched alkanes of at least 4 members (excludes halogenated alkanes) is 1. The molecule has 0 bridgehead atoms. The summed E-state index contributed by atoms with van der Waals surface area (Å²) in [7, 11) is 1.49. The van der Waals surface area contributed by atoms with Crippen molar-refractivity contribution < 1.29 is 24.0 Å². The Balaban J connectivity index is 2.24. The van der Waals surface area contributed by atoms with E-state index in [0.717, 1.165) is 12.8 Å². The number of ether oxygens (including phenoxy) is 2. The van der Waals surface area contributed by atoms with E-state index in [2.05, 4.69) is 11.8 Å². The lowest BCUT2D eigenvalue weighted by atomic mass is 10.2. The van der Waals surface area contributed by atoms with Crippen LogP contribution in [0, 0.1) is 0 Å². The first-order valence-electron chi connectivity index (χ1n) is 6.34. The third-order valence-electron chi connectivity index (χ3n) is 2.41. The summed E-state index contributed by atoms with van der Waals surface area (Å²) in [6.07, 6.45) is 2.10. The van der Waals surface area contributed by atoms with Crippen molar-refractivity contribution in [2.24, 2.45) is 0 Å². The molecular weight excluding hydrogens is 248 g/mol. The largest absolute Gasteiger partial charge is 0.496 e. The molecule has 1 aromatic rings. The zero-order valence-corrected chi connectivity index (χ0v) is 11.4. The first-order chi connectivity index (χ1) is 9.29. The van der Waals surface area contributed by atoms with Gasteiger partial charge in [-0.15, -0.1) is 0 Å². The molecule has 0 unspecified atom stereocenters. The SMILES string of the molecule is CCCCOCCOOC(=O)c1ccccc1OC. The quantitative estimate of drug-likeness (QED) is 0.391. The average molecular weight is 268 g/mol. The zero-order valence-electron chi connectivity index (χ0n) is 11.4. The minimum Gasteiger partial charge on any atom is -0.496 e. The molecule has 0 N–H and O–H groups in total. The van der Waals surface area contributed by atoms with Crippen molar-refractivity contribution in [1.82, 2.24) is 0 Å². The predicted octanol–water partition coefficient (Wildman–Crippen LogP) is 2.60. The molecule has 0 aromatic heterocycles. The van der Waals surface area contributed by atoms with Crippen LogP contribution in [0.3, 0.4) is 0 Å². The summed E-state index contributed by atoms with van der Waals surface area (Å²) in [5.41, 5.74) is 0.330. The molecule has 106 valence electrons. The van der Waals surface area contributed by atoms with Gasteiger partial charge in [-0.1, -0.05) is 25.5 Å². The van der Waals surface area contributed by atoms with Crippen molar-refractivity contribution in [1.29, 1.82) is 0 Å². The Kier molecular flexibility index (Phi) is 7.62. The third kappa shape index (κ3) is 5.72. The number of para-hydroxylation sites is 1. The molecule has 0 saturated carbocycles. The van der Waals surface area contributed by atoms with E-state index in [9.17, 15) is 4.79 Å². The van der Waals surface area contributed by atoms with Gasteiger partial charge in [-0.2, -0.15) is 4.89 Å². The van der Waals surface area contributed by atoms with Crippen LogP contribution in [0.2, 0.25) is 0 Å². The van der Waals surface area contributed by atoms with Crippen LogP contribution >= 0.6 is 0 Å². The summed E-state index contributed by atoms with van der Waals surface area (Å²) in [5, 5.41) is 0. The second-order valence-corrected chi connectivity index (χ2v) is 3.86. The van der Waals surface area contributed by atoms with Gasteiger partial charge in [0.25, 0.3) is 0 Å². The van der Waals surface area contributed by atoms with Gasteiger partial charge in [-0.25, -0.2) is 4.79 Å². The lowest BCUT2D eigenvalue weighted by molar-refractivity contribution is -0.247. The number of methoxy groups -OCH3 is 1. The van der Waals surface area contributed by atoms with Crippen molar-refractivity contribution in [3.05, 3.63) is 29.8 Å². The first-order valence-corrected chi connectivity index (χ1v) is 6.34. The average Bonchev–Trinajstić information content (AvgIpc) is 2.46. The van der Waals surface area contributed by atoms with Crippen molar-refractivity contribution in [3.8, 4) is 5.75 Å². The van der Waals surface area contributed by atoms with E-state index in [4.69, 9.17) is 14.4 Å². The zero-order chi connectivity index (χ0) is 13.9.